The van der Waals surface area contributed by atoms with Gasteiger partial charge in [0.1, 0.15) is 0 Å². The first-order valence-corrected chi connectivity index (χ1v) is 9.13. The van der Waals surface area contributed by atoms with Gasteiger partial charge in [0.15, 0.2) is 5.65 Å². The molecule has 4 rings (SSSR count). The molecule has 0 atom stereocenters. The van der Waals surface area contributed by atoms with Gasteiger partial charge in [0, 0.05) is 11.6 Å². The first-order chi connectivity index (χ1) is 12.6. The summed E-state index contributed by atoms with van der Waals surface area (Å²) < 4.78 is 0. The molecule has 4 nitrogen and oxygen atoms in total. The minimum absolute atomic E-state index is 0.539. The zero-order chi connectivity index (χ0) is 18.1. The van der Waals surface area contributed by atoms with E-state index in [0.717, 1.165) is 40.6 Å². The highest BCUT2D eigenvalue weighted by atomic mass is 15.1. The number of aromatic nitrogens is 3. The molecule has 0 saturated heterocycles. The standard InChI is InChI=1S/C22H22N4/c1-22(2,14-23)18-11-16(15-6-4-3-5-7-15)10-17(12-18)19-8-9-24-21-20(19)13-25-26-21/h6,8-13H,3-5,7H2,1-2H3,(H,24,25,26). The summed E-state index contributed by atoms with van der Waals surface area (Å²) in [4.78, 5) is 4.35. The summed E-state index contributed by atoms with van der Waals surface area (Å²) in [5.41, 5.74) is 6.12. The van der Waals surface area contributed by atoms with Crippen LogP contribution in [0, 0.1) is 11.3 Å². The lowest BCUT2D eigenvalue weighted by atomic mass is 9.81. The number of nitriles is 1. The predicted molar refractivity (Wildman–Crippen MR) is 104 cm³/mol. The molecule has 0 radical (unpaired) electrons. The number of aromatic amines is 1. The summed E-state index contributed by atoms with van der Waals surface area (Å²) >= 11 is 0. The molecule has 26 heavy (non-hydrogen) atoms. The molecular weight excluding hydrogens is 320 g/mol. The minimum atomic E-state index is -0.539. The van der Waals surface area contributed by atoms with E-state index in [-0.39, 0.29) is 0 Å². The molecule has 0 saturated carbocycles. The van der Waals surface area contributed by atoms with E-state index >= 15 is 0 Å². The van der Waals surface area contributed by atoms with Crippen molar-refractivity contribution in [2.75, 3.05) is 0 Å². The molecule has 130 valence electrons. The van der Waals surface area contributed by atoms with Crippen molar-refractivity contribution in [2.45, 2.75) is 44.9 Å². The molecule has 1 aliphatic carbocycles. The normalized spacial score (nSPS) is 14.9. The quantitative estimate of drug-likeness (QED) is 0.694. The van der Waals surface area contributed by atoms with Crippen molar-refractivity contribution in [1.29, 1.82) is 5.26 Å². The van der Waals surface area contributed by atoms with Crippen LogP contribution in [0.3, 0.4) is 0 Å². The monoisotopic (exact) mass is 342 g/mol. The smallest absolute Gasteiger partial charge is 0.155 e. The number of benzene rings is 1. The third-order valence-corrected chi connectivity index (χ3v) is 5.26. The van der Waals surface area contributed by atoms with Crippen LogP contribution in [-0.4, -0.2) is 15.2 Å². The summed E-state index contributed by atoms with van der Waals surface area (Å²) in [6, 6.07) is 11.0. The second-order valence-electron chi connectivity index (χ2n) is 7.50. The van der Waals surface area contributed by atoms with Crippen LogP contribution in [0.15, 0.2) is 42.7 Å². The lowest BCUT2D eigenvalue weighted by Crippen LogP contribution is -2.14. The maximum absolute atomic E-state index is 9.66. The fourth-order valence-corrected chi connectivity index (χ4v) is 3.60. The van der Waals surface area contributed by atoms with Gasteiger partial charge in [0.05, 0.1) is 17.7 Å². The third kappa shape index (κ3) is 2.90. The van der Waals surface area contributed by atoms with Gasteiger partial charge in [-0.25, -0.2) is 4.98 Å². The predicted octanol–water partition coefficient (Wildman–Crippen LogP) is 5.38. The molecular formula is C22H22N4. The lowest BCUT2D eigenvalue weighted by Gasteiger charge is -2.21. The number of allylic oxidation sites excluding steroid dienone is 2. The number of hydrogen-bond donors (Lipinski definition) is 1. The van der Waals surface area contributed by atoms with E-state index in [1.807, 2.05) is 26.1 Å². The first kappa shape index (κ1) is 16.5. The molecule has 4 heteroatoms. The van der Waals surface area contributed by atoms with Crippen LogP contribution in [0.25, 0.3) is 27.7 Å². The Hall–Kier alpha value is -2.93. The number of nitrogens with one attached hydrogen (secondary N) is 1. The fourth-order valence-electron chi connectivity index (χ4n) is 3.60. The average Bonchev–Trinajstić information content (AvgIpc) is 3.17. The Bertz CT molecular complexity index is 1030. The highest BCUT2D eigenvalue weighted by molar-refractivity contribution is 5.93. The number of rotatable bonds is 3. The first-order valence-electron chi connectivity index (χ1n) is 9.13. The van der Waals surface area contributed by atoms with Gasteiger partial charge in [-0.05, 0) is 91.6 Å². The second kappa shape index (κ2) is 6.42. The average molecular weight is 342 g/mol. The Balaban J connectivity index is 1.94. The zero-order valence-corrected chi connectivity index (χ0v) is 15.2. The van der Waals surface area contributed by atoms with Crippen molar-refractivity contribution in [3.63, 3.8) is 0 Å². The van der Waals surface area contributed by atoms with Crippen LogP contribution in [0.5, 0.6) is 0 Å². The molecule has 1 aromatic carbocycles. The number of pyridine rings is 1. The summed E-state index contributed by atoms with van der Waals surface area (Å²) in [5, 5.41) is 17.7. The van der Waals surface area contributed by atoms with E-state index < -0.39 is 5.41 Å². The van der Waals surface area contributed by atoms with Gasteiger partial charge < -0.3 is 0 Å². The highest BCUT2D eigenvalue weighted by Gasteiger charge is 2.22. The number of H-pyrrole nitrogens is 1. The van der Waals surface area contributed by atoms with Crippen molar-refractivity contribution >= 4 is 16.6 Å². The van der Waals surface area contributed by atoms with Crippen LogP contribution in [0.1, 0.15) is 50.7 Å². The fraction of sp³-hybridized carbons (Fsp3) is 0.318. The minimum Gasteiger partial charge on any atom is -0.261 e. The van der Waals surface area contributed by atoms with Crippen molar-refractivity contribution in [3.05, 3.63) is 53.9 Å². The number of hydrogen-bond acceptors (Lipinski definition) is 3. The molecule has 3 aromatic rings. The molecule has 0 aliphatic heterocycles. The third-order valence-electron chi connectivity index (χ3n) is 5.26. The maximum Gasteiger partial charge on any atom is 0.155 e. The van der Waals surface area contributed by atoms with E-state index in [9.17, 15) is 5.26 Å². The molecule has 1 aliphatic rings. The van der Waals surface area contributed by atoms with Crippen LogP contribution in [-0.2, 0) is 5.41 Å². The molecule has 0 unspecified atom stereocenters. The van der Waals surface area contributed by atoms with Crippen molar-refractivity contribution in [2.24, 2.45) is 0 Å². The van der Waals surface area contributed by atoms with E-state index in [4.69, 9.17) is 0 Å². The molecule has 0 bridgehead atoms. The number of fused-ring (bicyclic) bond motifs is 1. The van der Waals surface area contributed by atoms with Crippen LogP contribution >= 0.6 is 0 Å². The topological polar surface area (TPSA) is 65.4 Å². The molecule has 0 spiro atoms. The molecule has 2 aromatic heterocycles. The summed E-state index contributed by atoms with van der Waals surface area (Å²) in [5.74, 6) is 0. The van der Waals surface area contributed by atoms with E-state index in [0.29, 0.717) is 0 Å². The van der Waals surface area contributed by atoms with Gasteiger partial charge in [0.2, 0.25) is 0 Å². The van der Waals surface area contributed by atoms with E-state index in [1.165, 1.54) is 24.0 Å². The summed E-state index contributed by atoms with van der Waals surface area (Å²) in [6.45, 7) is 3.95. The van der Waals surface area contributed by atoms with Gasteiger partial charge in [-0.15, -0.1) is 0 Å². The van der Waals surface area contributed by atoms with Crippen molar-refractivity contribution in [1.82, 2.24) is 15.2 Å². The van der Waals surface area contributed by atoms with Crippen LogP contribution in [0.2, 0.25) is 0 Å². The van der Waals surface area contributed by atoms with Gasteiger partial charge in [-0.2, -0.15) is 10.4 Å². The molecule has 0 amide bonds. The maximum atomic E-state index is 9.66. The zero-order valence-electron chi connectivity index (χ0n) is 15.2. The van der Waals surface area contributed by atoms with Crippen molar-refractivity contribution in [3.8, 4) is 17.2 Å². The number of nitrogens with zero attached hydrogens (tertiary/aromatic N) is 3. The van der Waals surface area contributed by atoms with Gasteiger partial charge in [-0.1, -0.05) is 6.08 Å². The molecule has 1 N–H and O–H groups in total. The SMILES string of the molecule is CC(C)(C#N)c1cc(C2=CCCCC2)cc(-c2ccnc3[nH]ncc23)c1. The Morgan fingerprint density at radius 2 is 2.00 bits per heavy atom. The lowest BCUT2D eigenvalue weighted by molar-refractivity contribution is 0.686. The van der Waals surface area contributed by atoms with Crippen molar-refractivity contribution < 1.29 is 0 Å². The van der Waals surface area contributed by atoms with Gasteiger partial charge >= 0.3 is 0 Å². The molecule has 2 heterocycles. The van der Waals surface area contributed by atoms with E-state index in [1.54, 1.807) is 6.20 Å². The highest BCUT2D eigenvalue weighted by Crippen LogP contribution is 2.36. The largest absolute Gasteiger partial charge is 0.261 e. The molecule has 0 fully saturated rings. The summed E-state index contributed by atoms with van der Waals surface area (Å²) in [7, 11) is 0. The van der Waals surface area contributed by atoms with Gasteiger partial charge in [0.25, 0.3) is 0 Å². The Morgan fingerprint density at radius 3 is 2.77 bits per heavy atom. The van der Waals surface area contributed by atoms with Crippen LogP contribution in [0.4, 0.5) is 0 Å². The second-order valence-corrected chi connectivity index (χ2v) is 7.50. The Kier molecular flexibility index (Phi) is 4.08. The Morgan fingerprint density at radius 1 is 1.15 bits per heavy atom. The van der Waals surface area contributed by atoms with Crippen LogP contribution < -0.4 is 0 Å². The van der Waals surface area contributed by atoms with E-state index in [2.05, 4.69) is 45.5 Å². The summed E-state index contributed by atoms with van der Waals surface area (Å²) in [6.07, 6.45) is 10.7. The Labute approximate surface area is 153 Å². The van der Waals surface area contributed by atoms with Gasteiger partial charge in [-0.3, -0.25) is 5.10 Å².